The summed E-state index contributed by atoms with van der Waals surface area (Å²) in [4.78, 5) is 23.0. The molecule has 0 aliphatic carbocycles. The first-order valence-corrected chi connectivity index (χ1v) is 5.63. The van der Waals surface area contributed by atoms with Gasteiger partial charge in [-0.15, -0.1) is 0 Å². The van der Waals surface area contributed by atoms with Crippen LogP contribution in [0.2, 0.25) is 5.02 Å². The smallest absolute Gasteiger partial charge is 0.323 e. The highest BCUT2D eigenvalue weighted by Crippen LogP contribution is 2.13. The lowest BCUT2D eigenvalue weighted by Crippen LogP contribution is -2.34. The number of carbonyl (C=O) groups is 2. The standard InChI is InChI=1S/C12H14ClNO3/c1-2-17-12(16)10(14)7-11(15)8-4-3-5-9(13)6-8/h3-6,10H,2,7,14H2,1H3. The van der Waals surface area contributed by atoms with Gasteiger partial charge in [-0.1, -0.05) is 23.7 Å². The molecule has 1 unspecified atom stereocenters. The fourth-order valence-electron chi connectivity index (χ4n) is 1.31. The molecule has 0 radical (unpaired) electrons. The number of nitrogens with two attached hydrogens (primary N) is 1. The number of halogens is 1. The predicted octanol–water partition coefficient (Wildman–Crippen LogP) is 1.80. The van der Waals surface area contributed by atoms with E-state index in [9.17, 15) is 9.59 Å². The fourth-order valence-corrected chi connectivity index (χ4v) is 1.50. The summed E-state index contributed by atoms with van der Waals surface area (Å²) in [6, 6.07) is 5.59. The molecule has 0 amide bonds. The Morgan fingerprint density at radius 1 is 1.47 bits per heavy atom. The van der Waals surface area contributed by atoms with Crippen molar-refractivity contribution in [2.75, 3.05) is 6.61 Å². The van der Waals surface area contributed by atoms with E-state index in [2.05, 4.69) is 0 Å². The van der Waals surface area contributed by atoms with Crippen LogP contribution in [0.4, 0.5) is 0 Å². The van der Waals surface area contributed by atoms with Gasteiger partial charge in [0, 0.05) is 17.0 Å². The molecule has 0 aliphatic heterocycles. The molecule has 1 rings (SSSR count). The number of ketones is 1. The van der Waals surface area contributed by atoms with Gasteiger partial charge in [-0.3, -0.25) is 9.59 Å². The van der Waals surface area contributed by atoms with Gasteiger partial charge >= 0.3 is 5.97 Å². The maximum Gasteiger partial charge on any atom is 0.323 e. The average molecular weight is 256 g/mol. The van der Waals surface area contributed by atoms with Gasteiger partial charge in [-0.25, -0.2) is 0 Å². The van der Waals surface area contributed by atoms with Crippen LogP contribution >= 0.6 is 11.6 Å². The number of ether oxygens (including phenoxy) is 1. The van der Waals surface area contributed by atoms with Crippen molar-refractivity contribution in [2.24, 2.45) is 5.73 Å². The van der Waals surface area contributed by atoms with E-state index < -0.39 is 12.0 Å². The first kappa shape index (κ1) is 13.7. The number of hydrogen-bond acceptors (Lipinski definition) is 4. The van der Waals surface area contributed by atoms with Crippen molar-refractivity contribution in [1.82, 2.24) is 0 Å². The summed E-state index contributed by atoms with van der Waals surface area (Å²) < 4.78 is 4.72. The molecule has 0 aliphatic rings. The summed E-state index contributed by atoms with van der Waals surface area (Å²) in [7, 11) is 0. The van der Waals surface area contributed by atoms with Crippen LogP contribution < -0.4 is 5.73 Å². The quantitative estimate of drug-likeness (QED) is 0.643. The van der Waals surface area contributed by atoms with Crippen LogP contribution in [-0.2, 0) is 9.53 Å². The van der Waals surface area contributed by atoms with Crippen molar-refractivity contribution >= 4 is 23.4 Å². The van der Waals surface area contributed by atoms with Crippen LogP contribution in [0.3, 0.4) is 0 Å². The second-order valence-corrected chi connectivity index (χ2v) is 3.93. The van der Waals surface area contributed by atoms with E-state index in [-0.39, 0.29) is 18.8 Å². The molecule has 17 heavy (non-hydrogen) atoms. The van der Waals surface area contributed by atoms with Gasteiger partial charge in [0.25, 0.3) is 0 Å². The van der Waals surface area contributed by atoms with Crippen molar-refractivity contribution in [2.45, 2.75) is 19.4 Å². The first-order valence-electron chi connectivity index (χ1n) is 5.25. The summed E-state index contributed by atoms with van der Waals surface area (Å²) in [6.45, 7) is 1.93. The van der Waals surface area contributed by atoms with E-state index in [1.54, 1.807) is 31.2 Å². The van der Waals surface area contributed by atoms with Crippen molar-refractivity contribution in [3.63, 3.8) is 0 Å². The third-order valence-electron chi connectivity index (χ3n) is 2.14. The molecule has 5 heteroatoms. The average Bonchev–Trinajstić information content (AvgIpc) is 2.29. The Hall–Kier alpha value is -1.39. The van der Waals surface area contributed by atoms with E-state index in [0.717, 1.165) is 0 Å². The van der Waals surface area contributed by atoms with Crippen LogP contribution in [0.5, 0.6) is 0 Å². The lowest BCUT2D eigenvalue weighted by Gasteiger charge is -2.09. The Balaban J connectivity index is 2.63. The minimum absolute atomic E-state index is 0.0842. The van der Waals surface area contributed by atoms with Crippen molar-refractivity contribution < 1.29 is 14.3 Å². The molecule has 0 spiro atoms. The Labute approximate surface area is 105 Å². The van der Waals surface area contributed by atoms with E-state index in [1.165, 1.54) is 0 Å². The van der Waals surface area contributed by atoms with E-state index in [0.29, 0.717) is 10.6 Å². The number of benzene rings is 1. The minimum atomic E-state index is -0.929. The predicted molar refractivity (Wildman–Crippen MR) is 65.0 cm³/mol. The molecule has 92 valence electrons. The third-order valence-corrected chi connectivity index (χ3v) is 2.38. The zero-order chi connectivity index (χ0) is 12.8. The van der Waals surface area contributed by atoms with Gasteiger partial charge in [0.2, 0.25) is 0 Å². The second-order valence-electron chi connectivity index (χ2n) is 3.50. The number of esters is 1. The molecule has 1 aromatic carbocycles. The lowest BCUT2D eigenvalue weighted by atomic mass is 10.0. The molecule has 0 bridgehead atoms. The van der Waals surface area contributed by atoms with Gasteiger partial charge in [0.15, 0.2) is 5.78 Å². The molecule has 1 atom stereocenters. The Kier molecular flexibility index (Phi) is 5.12. The van der Waals surface area contributed by atoms with Gasteiger partial charge in [-0.05, 0) is 19.1 Å². The SMILES string of the molecule is CCOC(=O)C(N)CC(=O)c1cccc(Cl)c1. The van der Waals surface area contributed by atoms with Crippen LogP contribution in [0.25, 0.3) is 0 Å². The van der Waals surface area contributed by atoms with Gasteiger partial charge in [0.1, 0.15) is 6.04 Å². The van der Waals surface area contributed by atoms with Gasteiger partial charge < -0.3 is 10.5 Å². The van der Waals surface area contributed by atoms with E-state index in [1.807, 2.05) is 0 Å². The molecule has 0 heterocycles. The molecule has 4 nitrogen and oxygen atoms in total. The first-order chi connectivity index (χ1) is 8.04. The van der Waals surface area contributed by atoms with Crippen molar-refractivity contribution in [1.29, 1.82) is 0 Å². The normalized spacial score (nSPS) is 11.9. The number of Topliss-reactive ketones (excluding diaryl/α,β-unsaturated/α-hetero) is 1. The zero-order valence-electron chi connectivity index (χ0n) is 9.48. The highest BCUT2D eigenvalue weighted by Gasteiger charge is 2.19. The highest BCUT2D eigenvalue weighted by atomic mass is 35.5. The van der Waals surface area contributed by atoms with Gasteiger partial charge in [0.05, 0.1) is 6.61 Å². The summed E-state index contributed by atoms with van der Waals surface area (Å²) in [5, 5.41) is 0.473. The highest BCUT2D eigenvalue weighted by molar-refractivity contribution is 6.31. The fraction of sp³-hybridized carbons (Fsp3) is 0.333. The Morgan fingerprint density at radius 2 is 2.18 bits per heavy atom. The number of carbonyl (C=O) groups excluding carboxylic acids is 2. The van der Waals surface area contributed by atoms with Crippen molar-refractivity contribution in [3.05, 3.63) is 34.9 Å². The van der Waals surface area contributed by atoms with E-state index in [4.69, 9.17) is 22.1 Å². The molecular formula is C12H14ClNO3. The number of rotatable bonds is 5. The summed E-state index contributed by atoms with van der Waals surface area (Å²) in [5.74, 6) is -0.795. The summed E-state index contributed by atoms with van der Waals surface area (Å²) in [5.41, 5.74) is 5.99. The minimum Gasteiger partial charge on any atom is -0.465 e. The van der Waals surface area contributed by atoms with Crippen LogP contribution in [0, 0.1) is 0 Å². The summed E-state index contributed by atoms with van der Waals surface area (Å²) >= 11 is 5.76. The zero-order valence-corrected chi connectivity index (χ0v) is 10.2. The third kappa shape index (κ3) is 4.17. The maximum absolute atomic E-state index is 11.8. The number of hydrogen-bond donors (Lipinski definition) is 1. The van der Waals surface area contributed by atoms with Crippen LogP contribution in [0.1, 0.15) is 23.7 Å². The van der Waals surface area contributed by atoms with E-state index >= 15 is 0 Å². The van der Waals surface area contributed by atoms with Crippen LogP contribution in [0.15, 0.2) is 24.3 Å². The van der Waals surface area contributed by atoms with Crippen molar-refractivity contribution in [3.8, 4) is 0 Å². The molecule has 2 N–H and O–H groups in total. The molecule has 0 aromatic heterocycles. The molecule has 0 saturated heterocycles. The Bertz CT molecular complexity index is 420. The van der Waals surface area contributed by atoms with Crippen LogP contribution in [-0.4, -0.2) is 24.4 Å². The monoisotopic (exact) mass is 255 g/mol. The lowest BCUT2D eigenvalue weighted by molar-refractivity contribution is -0.144. The topological polar surface area (TPSA) is 69.4 Å². The molecule has 1 aromatic rings. The largest absolute Gasteiger partial charge is 0.465 e. The second kappa shape index (κ2) is 6.37. The molecular weight excluding hydrogens is 242 g/mol. The van der Waals surface area contributed by atoms with Gasteiger partial charge in [-0.2, -0.15) is 0 Å². The Morgan fingerprint density at radius 3 is 2.76 bits per heavy atom. The summed E-state index contributed by atoms with van der Waals surface area (Å²) in [6.07, 6.45) is -0.0842. The maximum atomic E-state index is 11.8. The molecule has 0 saturated carbocycles. The molecule has 0 fully saturated rings.